The summed E-state index contributed by atoms with van der Waals surface area (Å²) in [6.07, 6.45) is 0.823. The van der Waals surface area contributed by atoms with E-state index in [1.54, 1.807) is 25.3 Å². The van der Waals surface area contributed by atoms with Crippen molar-refractivity contribution < 1.29 is 19.4 Å². The Bertz CT molecular complexity index is 912. The van der Waals surface area contributed by atoms with E-state index in [1.807, 2.05) is 32.0 Å². The lowest BCUT2D eigenvalue weighted by Crippen LogP contribution is -2.30. The van der Waals surface area contributed by atoms with E-state index < -0.39 is 5.97 Å². The second-order valence-electron chi connectivity index (χ2n) is 7.02. The number of aromatic carboxylic acids is 1. The van der Waals surface area contributed by atoms with Crippen LogP contribution >= 0.6 is 0 Å². The van der Waals surface area contributed by atoms with Crippen LogP contribution < -0.4 is 4.74 Å². The third kappa shape index (κ3) is 3.52. The third-order valence-corrected chi connectivity index (χ3v) is 4.47. The molecule has 0 saturated heterocycles. The third-order valence-electron chi connectivity index (χ3n) is 4.47. The number of carboxylic acids is 1. The summed E-state index contributed by atoms with van der Waals surface area (Å²) in [7, 11) is 1.60. The summed E-state index contributed by atoms with van der Waals surface area (Å²) < 4.78 is 5.30. The SMILES string of the molecule is COc1ccc2c(c1)C(CC(=O)c1ccccc1C(=O)O)=NC(C)(C)C2. The molecule has 0 saturated carbocycles. The standard InChI is InChI=1S/C21H21NO4/c1-21(2)12-13-8-9-14(26-3)10-17(13)18(22-21)11-19(23)15-6-4-5-7-16(15)20(24)25/h4-10H,11-12H2,1-3H3,(H,24,25). The van der Waals surface area contributed by atoms with Crippen LogP contribution in [0, 0.1) is 0 Å². The highest BCUT2D eigenvalue weighted by atomic mass is 16.5. The molecule has 2 aromatic carbocycles. The van der Waals surface area contributed by atoms with E-state index in [-0.39, 0.29) is 28.9 Å². The van der Waals surface area contributed by atoms with Gasteiger partial charge < -0.3 is 9.84 Å². The van der Waals surface area contributed by atoms with Crippen molar-refractivity contribution >= 4 is 17.5 Å². The van der Waals surface area contributed by atoms with Crippen molar-refractivity contribution in [1.82, 2.24) is 0 Å². The normalized spacial score (nSPS) is 15.0. The first-order valence-corrected chi connectivity index (χ1v) is 8.42. The van der Waals surface area contributed by atoms with Gasteiger partial charge in [-0.25, -0.2) is 4.79 Å². The molecule has 5 nitrogen and oxygen atoms in total. The summed E-state index contributed by atoms with van der Waals surface area (Å²) in [5.74, 6) is -0.662. The molecule has 1 heterocycles. The smallest absolute Gasteiger partial charge is 0.336 e. The number of nitrogens with zero attached hydrogens (tertiary/aromatic N) is 1. The minimum atomic E-state index is -1.11. The molecule has 0 aromatic heterocycles. The van der Waals surface area contributed by atoms with E-state index in [2.05, 4.69) is 0 Å². The first-order chi connectivity index (χ1) is 12.3. The molecule has 5 heteroatoms. The van der Waals surface area contributed by atoms with E-state index >= 15 is 0 Å². The number of rotatable bonds is 5. The molecule has 0 unspecified atom stereocenters. The molecule has 0 atom stereocenters. The molecule has 2 aromatic rings. The zero-order valence-corrected chi connectivity index (χ0v) is 15.1. The lowest BCUT2D eigenvalue weighted by molar-refractivity contribution is 0.0692. The van der Waals surface area contributed by atoms with Gasteiger partial charge in [-0.1, -0.05) is 24.3 Å². The number of methoxy groups -OCH3 is 1. The Morgan fingerprint density at radius 3 is 2.50 bits per heavy atom. The van der Waals surface area contributed by atoms with E-state index in [9.17, 15) is 14.7 Å². The fourth-order valence-electron chi connectivity index (χ4n) is 3.33. The predicted molar refractivity (Wildman–Crippen MR) is 99.7 cm³/mol. The fourth-order valence-corrected chi connectivity index (χ4v) is 3.33. The van der Waals surface area contributed by atoms with Gasteiger partial charge in [0.25, 0.3) is 0 Å². The van der Waals surface area contributed by atoms with Crippen molar-refractivity contribution in [2.45, 2.75) is 32.2 Å². The molecule has 0 aliphatic carbocycles. The average Bonchev–Trinajstić information content (AvgIpc) is 2.60. The Balaban J connectivity index is 2.00. The van der Waals surface area contributed by atoms with Crippen LogP contribution in [0.25, 0.3) is 0 Å². The Kier molecular flexibility index (Phi) is 4.64. The Morgan fingerprint density at radius 2 is 1.85 bits per heavy atom. The molecule has 1 aliphatic rings. The summed E-state index contributed by atoms with van der Waals surface area (Å²) >= 11 is 0. The van der Waals surface area contributed by atoms with Gasteiger partial charge in [-0.2, -0.15) is 0 Å². The lowest BCUT2D eigenvalue weighted by atomic mass is 9.85. The highest BCUT2D eigenvalue weighted by molar-refractivity contribution is 6.19. The zero-order chi connectivity index (χ0) is 18.9. The van der Waals surface area contributed by atoms with Crippen LogP contribution in [0.15, 0.2) is 47.5 Å². The monoisotopic (exact) mass is 351 g/mol. The minimum absolute atomic E-state index is 0.0130. The van der Waals surface area contributed by atoms with Crippen LogP contribution in [-0.2, 0) is 6.42 Å². The first-order valence-electron chi connectivity index (χ1n) is 8.42. The Morgan fingerprint density at radius 1 is 1.15 bits per heavy atom. The van der Waals surface area contributed by atoms with Gasteiger partial charge in [0.15, 0.2) is 5.78 Å². The first kappa shape index (κ1) is 17.9. The van der Waals surface area contributed by atoms with Gasteiger partial charge in [0.2, 0.25) is 0 Å². The molecule has 26 heavy (non-hydrogen) atoms. The lowest BCUT2D eigenvalue weighted by Gasteiger charge is -2.29. The van der Waals surface area contributed by atoms with Crippen molar-refractivity contribution in [2.24, 2.45) is 4.99 Å². The van der Waals surface area contributed by atoms with Gasteiger partial charge in [0.1, 0.15) is 5.75 Å². The van der Waals surface area contributed by atoms with Crippen molar-refractivity contribution in [3.8, 4) is 5.75 Å². The Labute approximate surface area is 152 Å². The van der Waals surface area contributed by atoms with Crippen molar-refractivity contribution in [1.29, 1.82) is 0 Å². The summed E-state index contributed by atoms with van der Waals surface area (Å²) in [4.78, 5) is 29.0. The number of ketones is 1. The number of benzene rings is 2. The predicted octanol–water partition coefficient (Wildman–Crippen LogP) is 3.79. The maximum Gasteiger partial charge on any atom is 0.336 e. The van der Waals surface area contributed by atoms with Crippen molar-refractivity contribution in [3.63, 3.8) is 0 Å². The fraction of sp³-hybridized carbons (Fsp3) is 0.286. The van der Waals surface area contributed by atoms with Crippen LogP contribution in [0.5, 0.6) is 5.75 Å². The minimum Gasteiger partial charge on any atom is -0.497 e. The molecule has 1 aliphatic heterocycles. The summed E-state index contributed by atoms with van der Waals surface area (Å²) in [5, 5.41) is 9.33. The number of aliphatic imine (C=N–C) groups is 1. The van der Waals surface area contributed by atoms with Crippen molar-refractivity contribution in [3.05, 3.63) is 64.7 Å². The maximum atomic E-state index is 12.8. The number of Topliss-reactive ketones (excluding diaryl/α,β-unsaturated/α-hetero) is 1. The highest BCUT2D eigenvalue weighted by Crippen LogP contribution is 2.31. The number of carbonyl (C=O) groups is 2. The van der Waals surface area contributed by atoms with Gasteiger partial charge in [0.05, 0.1) is 30.3 Å². The number of hydrogen-bond acceptors (Lipinski definition) is 4. The number of carbonyl (C=O) groups excluding carboxylic acids is 1. The van der Waals surface area contributed by atoms with Gasteiger partial charge >= 0.3 is 5.97 Å². The Hall–Kier alpha value is -2.95. The number of hydrogen-bond donors (Lipinski definition) is 1. The highest BCUT2D eigenvalue weighted by Gasteiger charge is 2.29. The molecule has 3 rings (SSSR count). The van der Waals surface area contributed by atoms with Crippen LogP contribution in [0.2, 0.25) is 0 Å². The van der Waals surface area contributed by atoms with Gasteiger partial charge in [0, 0.05) is 11.1 Å². The van der Waals surface area contributed by atoms with E-state index in [0.717, 1.165) is 17.5 Å². The zero-order valence-electron chi connectivity index (χ0n) is 15.1. The van der Waals surface area contributed by atoms with E-state index in [0.29, 0.717) is 11.5 Å². The van der Waals surface area contributed by atoms with E-state index in [4.69, 9.17) is 9.73 Å². The topological polar surface area (TPSA) is 76.0 Å². The van der Waals surface area contributed by atoms with Gasteiger partial charge in [-0.3, -0.25) is 9.79 Å². The van der Waals surface area contributed by atoms with Crippen LogP contribution in [0.3, 0.4) is 0 Å². The molecular weight excluding hydrogens is 330 g/mol. The molecular formula is C21H21NO4. The number of fused-ring (bicyclic) bond motifs is 1. The summed E-state index contributed by atoms with van der Waals surface area (Å²) in [5.41, 5.74) is 2.57. The number of ether oxygens (including phenoxy) is 1. The summed E-state index contributed by atoms with van der Waals surface area (Å²) in [6.45, 7) is 4.05. The van der Waals surface area contributed by atoms with Crippen LogP contribution in [0.4, 0.5) is 0 Å². The second kappa shape index (κ2) is 6.75. The van der Waals surface area contributed by atoms with Crippen molar-refractivity contribution in [2.75, 3.05) is 7.11 Å². The average molecular weight is 351 g/mol. The van der Waals surface area contributed by atoms with E-state index in [1.165, 1.54) is 6.07 Å². The maximum absolute atomic E-state index is 12.8. The van der Waals surface area contributed by atoms with Gasteiger partial charge in [-0.05, 0) is 44.0 Å². The molecule has 1 N–H and O–H groups in total. The quantitative estimate of drug-likeness (QED) is 0.832. The molecule has 0 amide bonds. The second-order valence-corrected chi connectivity index (χ2v) is 7.02. The molecule has 0 bridgehead atoms. The molecule has 0 fully saturated rings. The molecule has 0 radical (unpaired) electrons. The van der Waals surface area contributed by atoms with Crippen LogP contribution in [0.1, 0.15) is 52.1 Å². The van der Waals surface area contributed by atoms with Gasteiger partial charge in [-0.15, -0.1) is 0 Å². The van der Waals surface area contributed by atoms with Crippen LogP contribution in [-0.4, -0.2) is 35.2 Å². The number of carboxylic acid groups (broad SMARTS) is 1. The molecule has 134 valence electrons. The summed E-state index contributed by atoms with van der Waals surface area (Å²) in [6, 6.07) is 12.1. The molecule has 0 spiro atoms. The largest absolute Gasteiger partial charge is 0.497 e.